The fourth-order valence-electron chi connectivity index (χ4n) is 0.984. The van der Waals surface area contributed by atoms with Gasteiger partial charge in [-0.3, -0.25) is 4.79 Å². The van der Waals surface area contributed by atoms with E-state index in [-0.39, 0.29) is 6.54 Å². The van der Waals surface area contributed by atoms with Gasteiger partial charge in [-0.25, -0.2) is 4.98 Å². The van der Waals surface area contributed by atoms with Crippen LogP contribution in [0.3, 0.4) is 0 Å². The van der Waals surface area contributed by atoms with E-state index in [0.29, 0.717) is 11.4 Å². The number of nitrogens with one attached hydrogen (secondary N) is 1. The molecule has 1 heterocycles. The van der Waals surface area contributed by atoms with E-state index in [2.05, 4.69) is 10.3 Å². The number of carboxylic acids is 1. The van der Waals surface area contributed by atoms with Crippen molar-refractivity contribution in [2.24, 2.45) is 5.41 Å². The zero-order valence-electron chi connectivity index (χ0n) is 9.19. The van der Waals surface area contributed by atoms with Crippen LogP contribution in [0.15, 0.2) is 18.3 Å². The van der Waals surface area contributed by atoms with Gasteiger partial charge in [-0.1, -0.05) is 0 Å². The molecule has 0 saturated heterocycles. The first-order valence-corrected chi connectivity index (χ1v) is 4.79. The molecule has 1 rings (SSSR count). The molecule has 16 heavy (non-hydrogen) atoms. The quantitative estimate of drug-likeness (QED) is 0.800. The summed E-state index contributed by atoms with van der Waals surface area (Å²) in [6.45, 7) is 3.50. The third-order valence-corrected chi connectivity index (χ3v) is 2.18. The number of anilines is 1. The lowest BCUT2D eigenvalue weighted by atomic mass is 9.94. The number of hydrogen-bond acceptors (Lipinski definition) is 4. The molecule has 0 spiro atoms. The van der Waals surface area contributed by atoms with Gasteiger partial charge in [0.15, 0.2) is 0 Å². The van der Waals surface area contributed by atoms with Crippen LogP contribution < -0.4 is 5.32 Å². The van der Waals surface area contributed by atoms with Gasteiger partial charge in [-0.2, -0.15) is 5.26 Å². The number of carbonyl (C=O) groups is 1. The predicted molar refractivity (Wildman–Crippen MR) is 58.9 cm³/mol. The molecule has 0 atom stereocenters. The van der Waals surface area contributed by atoms with E-state index in [4.69, 9.17) is 10.4 Å². The van der Waals surface area contributed by atoms with E-state index in [1.54, 1.807) is 26.0 Å². The number of pyridine rings is 1. The van der Waals surface area contributed by atoms with E-state index in [0.717, 1.165) is 0 Å². The minimum Gasteiger partial charge on any atom is -0.481 e. The summed E-state index contributed by atoms with van der Waals surface area (Å²) >= 11 is 0. The maximum absolute atomic E-state index is 10.9. The summed E-state index contributed by atoms with van der Waals surface area (Å²) in [4.78, 5) is 14.8. The highest BCUT2D eigenvalue weighted by atomic mass is 16.4. The number of nitriles is 1. The van der Waals surface area contributed by atoms with Crippen LogP contribution in [-0.2, 0) is 4.79 Å². The lowest BCUT2D eigenvalue weighted by Crippen LogP contribution is -2.31. The first kappa shape index (κ1) is 12.0. The molecule has 0 aliphatic carbocycles. The van der Waals surface area contributed by atoms with Gasteiger partial charge >= 0.3 is 5.97 Å². The molecular weight excluding hydrogens is 206 g/mol. The maximum atomic E-state index is 10.9. The van der Waals surface area contributed by atoms with Crippen molar-refractivity contribution in [3.63, 3.8) is 0 Å². The highest BCUT2D eigenvalue weighted by Crippen LogP contribution is 2.16. The lowest BCUT2D eigenvalue weighted by Gasteiger charge is -2.19. The molecule has 0 amide bonds. The summed E-state index contributed by atoms with van der Waals surface area (Å²) in [5.74, 6) is -0.371. The topological polar surface area (TPSA) is 86.0 Å². The van der Waals surface area contributed by atoms with Crippen molar-refractivity contribution < 1.29 is 9.90 Å². The van der Waals surface area contributed by atoms with Gasteiger partial charge in [0.2, 0.25) is 0 Å². The van der Waals surface area contributed by atoms with E-state index in [1.165, 1.54) is 6.20 Å². The summed E-state index contributed by atoms with van der Waals surface area (Å²) in [5, 5.41) is 20.5. The molecule has 2 N–H and O–H groups in total. The fraction of sp³-hybridized carbons (Fsp3) is 0.364. The average molecular weight is 219 g/mol. The van der Waals surface area contributed by atoms with Gasteiger partial charge in [0.05, 0.1) is 17.0 Å². The van der Waals surface area contributed by atoms with E-state index >= 15 is 0 Å². The summed E-state index contributed by atoms with van der Waals surface area (Å²) in [5.41, 5.74) is -0.379. The third-order valence-electron chi connectivity index (χ3n) is 2.18. The Bertz CT molecular complexity index is 435. The molecule has 1 aromatic heterocycles. The van der Waals surface area contributed by atoms with Gasteiger partial charge in [0.1, 0.15) is 5.82 Å². The van der Waals surface area contributed by atoms with Gasteiger partial charge in [-0.05, 0) is 26.0 Å². The van der Waals surface area contributed by atoms with Gasteiger partial charge in [-0.15, -0.1) is 0 Å². The van der Waals surface area contributed by atoms with E-state index < -0.39 is 11.4 Å². The first-order chi connectivity index (χ1) is 7.45. The molecule has 0 aromatic carbocycles. The Balaban J connectivity index is 2.69. The van der Waals surface area contributed by atoms with Crippen molar-refractivity contribution in [2.75, 3.05) is 11.9 Å². The second-order valence-corrected chi connectivity index (χ2v) is 4.08. The molecular formula is C11H13N3O2. The fourth-order valence-corrected chi connectivity index (χ4v) is 0.984. The third kappa shape index (κ3) is 2.95. The van der Waals surface area contributed by atoms with Crippen molar-refractivity contribution in [1.82, 2.24) is 4.98 Å². The Hall–Kier alpha value is -2.09. The second-order valence-electron chi connectivity index (χ2n) is 4.08. The summed E-state index contributed by atoms with van der Waals surface area (Å²) < 4.78 is 0. The molecule has 0 aliphatic heterocycles. The number of carboxylic acid groups (broad SMARTS) is 1. The van der Waals surface area contributed by atoms with Crippen LogP contribution in [0.2, 0.25) is 0 Å². The van der Waals surface area contributed by atoms with Gasteiger partial charge in [0.25, 0.3) is 0 Å². The second kappa shape index (κ2) is 4.62. The normalized spacial score (nSPS) is 10.6. The van der Waals surface area contributed by atoms with Crippen LogP contribution in [0.25, 0.3) is 0 Å². The van der Waals surface area contributed by atoms with Gasteiger partial charge in [0, 0.05) is 12.7 Å². The monoisotopic (exact) mass is 219 g/mol. The van der Waals surface area contributed by atoms with Crippen molar-refractivity contribution in [3.8, 4) is 6.07 Å². The Kier molecular flexibility index (Phi) is 3.46. The van der Waals surface area contributed by atoms with E-state index in [9.17, 15) is 4.79 Å². The molecule has 5 nitrogen and oxygen atoms in total. The summed E-state index contributed by atoms with van der Waals surface area (Å²) in [7, 11) is 0. The van der Waals surface area contributed by atoms with E-state index in [1.807, 2.05) is 6.07 Å². The Morgan fingerprint density at radius 2 is 2.38 bits per heavy atom. The van der Waals surface area contributed by atoms with Crippen molar-refractivity contribution >= 4 is 11.8 Å². The molecule has 0 saturated carbocycles. The highest BCUT2D eigenvalue weighted by Gasteiger charge is 2.26. The maximum Gasteiger partial charge on any atom is 0.310 e. The molecule has 0 unspecified atom stereocenters. The molecule has 5 heteroatoms. The average Bonchev–Trinajstić information content (AvgIpc) is 2.26. The zero-order valence-corrected chi connectivity index (χ0v) is 9.19. The highest BCUT2D eigenvalue weighted by molar-refractivity contribution is 5.74. The molecule has 1 aromatic rings. The number of hydrogen-bond donors (Lipinski definition) is 2. The Morgan fingerprint density at radius 3 is 2.94 bits per heavy atom. The van der Waals surface area contributed by atoms with Crippen molar-refractivity contribution in [1.29, 1.82) is 5.26 Å². The molecule has 84 valence electrons. The standard InChI is InChI=1S/C11H13N3O2/c1-11(2,10(15)16)7-14-9-5-8(6-12)3-4-13-9/h3-5H,7H2,1-2H3,(H,13,14)(H,15,16). The minimum atomic E-state index is -0.878. The number of rotatable bonds is 4. The van der Waals surface area contributed by atoms with Crippen LogP contribution in [0.5, 0.6) is 0 Å². The zero-order chi connectivity index (χ0) is 12.2. The minimum absolute atomic E-state index is 0.254. The number of aromatic nitrogens is 1. The smallest absolute Gasteiger partial charge is 0.310 e. The summed E-state index contributed by atoms with van der Waals surface area (Å²) in [6, 6.07) is 5.16. The van der Waals surface area contributed by atoms with Crippen LogP contribution >= 0.6 is 0 Å². The number of nitrogens with zero attached hydrogens (tertiary/aromatic N) is 2. The summed E-state index contributed by atoms with van der Waals surface area (Å²) in [6.07, 6.45) is 1.51. The largest absolute Gasteiger partial charge is 0.481 e. The van der Waals surface area contributed by atoms with Crippen LogP contribution in [-0.4, -0.2) is 22.6 Å². The van der Waals surface area contributed by atoms with Crippen molar-refractivity contribution in [2.45, 2.75) is 13.8 Å². The molecule has 0 fully saturated rings. The number of aliphatic carboxylic acids is 1. The van der Waals surface area contributed by atoms with Crippen LogP contribution in [0.4, 0.5) is 5.82 Å². The Morgan fingerprint density at radius 1 is 1.69 bits per heavy atom. The van der Waals surface area contributed by atoms with Crippen LogP contribution in [0, 0.1) is 16.7 Å². The molecule has 0 aliphatic rings. The molecule has 0 bridgehead atoms. The predicted octanol–water partition coefficient (Wildman–Crippen LogP) is 1.48. The SMILES string of the molecule is CC(C)(CNc1cc(C#N)ccn1)C(=O)O. The molecule has 0 radical (unpaired) electrons. The lowest BCUT2D eigenvalue weighted by molar-refractivity contribution is -0.146. The first-order valence-electron chi connectivity index (χ1n) is 4.79. The van der Waals surface area contributed by atoms with Gasteiger partial charge < -0.3 is 10.4 Å². The van der Waals surface area contributed by atoms with Crippen molar-refractivity contribution in [3.05, 3.63) is 23.9 Å². The van der Waals surface area contributed by atoms with Crippen LogP contribution in [0.1, 0.15) is 19.4 Å². The Labute approximate surface area is 93.7 Å².